The molecule has 0 spiro atoms. The summed E-state index contributed by atoms with van der Waals surface area (Å²) in [6, 6.07) is 3.90. The number of nitrogens with two attached hydrogens (primary N) is 1. The van der Waals surface area contributed by atoms with Gasteiger partial charge < -0.3 is 10.5 Å². The Hall–Kier alpha value is -1.25. The number of aryl methyl sites for hydroxylation is 1. The molecular formula is C14H22N2O. The van der Waals surface area contributed by atoms with Gasteiger partial charge in [-0.05, 0) is 50.7 Å². The molecule has 2 atom stereocenters. The smallest absolute Gasteiger partial charge is 0.166 e. The zero-order valence-corrected chi connectivity index (χ0v) is 10.8. The third-order valence-electron chi connectivity index (χ3n) is 3.67. The Morgan fingerprint density at radius 1 is 1.35 bits per heavy atom. The van der Waals surface area contributed by atoms with Crippen LogP contribution in [0.25, 0.3) is 0 Å². The Balaban J connectivity index is 2.08. The van der Waals surface area contributed by atoms with Crippen LogP contribution in [0.5, 0.6) is 5.75 Å². The third-order valence-corrected chi connectivity index (χ3v) is 3.67. The van der Waals surface area contributed by atoms with Crippen LogP contribution < -0.4 is 10.5 Å². The van der Waals surface area contributed by atoms with Crippen molar-refractivity contribution in [3.05, 3.63) is 17.8 Å². The summed E-state index contributed by atoms with van der Waals surface area (Å²) >= 11 is 0. The topological polar surface area (TPSA) is 48.1 Å². The van der Waals surface area contributed by atoms with Gasteiger partial charge in [-0.2, -0.15) is 0 Å². The van der Waals surface area contributed by atoms with Crippen LogP contribution in [0.2, 0.25) is 0 Å². The highest BCUT2D eigenvalue weighted by atomic mass is 16.5. The van der Waals surface area contributed by atoms with E-state index in [2.05, 4.69) is 11.9 Å². The zero-order chi connectivity index (χ0) is 12.3. The third kappa shape index (κ3) is 2.90. The summed E-state index contributed by atoms with van der Waals surface area (Å²) in [4.78, 5) is 4.24. The number of aromatic nitrogens is 1. The van der Waals surface area contributed by atoms with Gasteiger partial charge in [0.2, 0.25) is 0 Å². The lowest BCUT2D eigenvalue weighted by Gasteiger charge is -2.31. The number of ether oxygens (including phenoxy) is 1. The molecule has 0 aromatic carbocycles. The fourth-order valence-corrected chi connectivity index (χ4v) is 2.62. The van der Waals surface area contributed by atoms with Gasteiger partial charge in [-0.15, -0.1) is 0 Å². The lowest BCUT2D eigenvalue weighted by Crippen LogP contribution is -2.30. The summed E-state index contributed by atoms with van der Waals surface area (Å²) in [5.74, 6) is 1.94. The average molecular weight is 234 g/mol. The van der Waals surface area contributed by atoms with Crippen LogP contribution in [0.15, 0.2) is 12.1 Å². The van der Waals surface area contributed by atoms with Crippen LogP contribution in [0.1, 0.15) is 44.7 Å². The van der Waals surface area contributed by atoms with Crippen LogP contribution in [0.3, 0.4) is 0 Å². The molecule has 94 valence electrons. The standard InChI is InChI=1S/C14H22N2O/c1-3-11-6-4-5-7-12(11)17-13-9-8-10(2)16-14(13)15/h8-9,11-12H,3-7H2,1-2H3,(H2,15,16). The summed E-state index contributed by atoms with van der Waals surface area (Å²) < 4.78 is 6.06. The zero-order valence-electron chi connectivity index (χ0n) is 10.8. The number of nitrogens with zero attached hydrogens (tertiary/aromatic N) is 1. The van der Waals surface area contributed by atoms with E-state index in [-0.39, 0.29) is 0 Å². The van der Waals surface area contributed by atoms with E-state index in [0.29, 0.717) is 17.8 Å². The predicted octanol–water partition coefficient (Wildman–Crippen LogP) is 3.32. The van der Waals surface area contributed by atoms with Crippen molar-refractivity contribution in [2.45, 2.75) is 52.1 Å². The lowest BCUT2D eigenvalue weighted by molar-refractivity contribution is 0.0908. The van der Waals surface area contributed by atoms with Crippen LogP contribution in [-0.2, 0) is 0 Å². The first-order valence-electron chi connectivity index (χ1n) is 6.60. The maximum Gasteiger partial charge on any atom is 0.166 e. The minimum Gasteiger partial charge on any atom is -0.486 e. The van der Waals surface area contributed by atoms with Gasteiger partial charge in [0.1, 0.15) is 6.10 Å². The molecule has 1 heterocycles. The van der Waals surface area contributed by atoms with Crippen molar-refractivity contribution in [2.75, 3.05) is 5.73 Å². The first-order chi connectivity index (χ1) is 8.20. The molecule has 17 heavy (non-hydrogen) atoms. The molecular weight excluding hydrogens is 212 g/mol. The molecule has 0 amide bonds. The number of nitrogen functional groups attached to an aromatic ring is 1. The normalized spacial score (nSPS) is 24.6. The van der Waals surface area contributed by atoms with Crippen molar-refractivity contribution < 1.29 is 4.74 Å². The van der Waals surface area contributed by atoms with E-state index in [1.54, 1.807) is 0 Å². The largest absolute Gasteiger partial charge is 0.486 e. The second-order valence-corrected chi connectivity index (χ2v) is 4.95. The van der Waals surface area contributed by atoms with Gasteiger partial charge in [-0.25, -0.2) is 4.98 Å². The average Bonchev–Trinajstić information content (AvgIpc) is 2.33. The molecule has 1 saturated carbocycles. The predicted molar refractivity (Wildman–Crippen MR) is 70.1 cm³/mol. The molecule has 2 rings (SSSR count). The molecule has 1 fully saturated rings. The molecule has 1 aliphatic rings. The Labute approximate surface area is 103 Å². The van der Waals surface area contributed by atoms with E-state index in [4.69, 9.17) is 10.5 Å². The molecule has 2 unspecified atom stereocenters. The number of hydrogen-bond donors (Lipinski definition) is 1. The van der Waals surface area contributed by atoms with Crippen LogP contribution >= 0.6 is 0 Å². The maximum absolute atomic E-state index is 6.06. The fourth-order valence-electron chi connectivity index (χ4n) is 2.62. The van der Waals surface area contributed by atoms with Gasteiger partial charge in [-0.3, -0.25) is 0 Å². The SMILES string of the molecule is CCC1CCCCC1Oc1ccc(C)nc1N. The molecule has 1 aromatic rings. The van der Waals surface area contributed by atoms with Gasteiger partial charge in [-0.1, -0.05) is 13.3 Å². The van der Waals surface area contributed by atoms with E-state index >= 15 is 0 Å². The first kappa shape index (κ1) is 12.2. The Kier molecular flexibility index (Phi) is 3.87. The van der Waals surface area contributed by atoms with E-state index in [9.17, 15) is 0 Å². The number of anilines is 1. The minimum absolute atomic E-state index is 0.320. The van der Waals surface area contributed by atoms with Crippen molar-refractivity contribution in [3.63, 3.8) is 0 Å². The minimum atomic E-state index is 0.320. The van der Waals surface area contributed by atoms with Crippen molar-refractivity contribution >= 4 is 5.82 Å². The molecule has 1 aliphatic carbocycles. The first-order valence-corrected chi connectivity index (χ1v) is 6.60. The highest BCUT2D eigenvalue weighted by Crippen LogP contribution is 2.31. The molecule has 3 nitrogen and oxygen atoms in total. The Morgan fingerprint density at radius 2 is 2.12 bits per heavy atom. The Bertz CT molecular complexity index is 378. The summed E-state index contributed by atoms with van der Waals surface area (Å²) in [6.07, 6.45) is 6.52. The molecule has 2 N–H and O–H groups in total. The van der Waals surface area contributed by atoms with Gasteiger partial charge >= 0.3 is 0 Å². The van der Waals surface area contributed by atoms with Crippen LogP contribution in [-0.4, -0.2) is 11.1 Å². The van der Waals surface area contributed by atoms with Crippen molar-refractivity contribution in [1.29, 1.82) is 0 Å². The number of pyridine rings is 1. The highest BCUT2D eigenvalue weighted by molar-refractivity contribution is 5.46. The number of rotatable bonds is 3. The molecule has 3 heteroatoms. The van der Waals surface area contributed by atoms with Crippen molar-refractivity contribution in [2.24, 2.45) is 5.92 Å². The second kappa shape index (κ2) is 5.39. The molecule has 0 aliphatic heterocycles. The lowest BCUT2D eigenvalue weighted by atomic mass is 9.85. The van der Waals surface area contributed by atoms with Gasteiger partial charge in [0.15, 0.2) is 11.6 Å². The number of hydrogen-bond acceptors (Lipinski definition) is 3. The van der Waals surface area contributed by atoms with Gasteiger partial charge in [0, 0.05) is 5.69 Å². The van der Waals surface area contributed by atoms with E-state index < -0.39 is 0 Å². The van der Waals surface area contributed by atoms with Crippen LogP contribution in [0, 0.1) is 12.8 Å². The summed E-state index contributed by atoms with van der Waals surface area (Å²) in [5.41, 5.74) is 6.83. The fraction of sp³-hybridized carbons (Fsp3) is 0.643. The molecule has 0 saturated heterocycles. The maximum atomic E-state index is 6.06. The van der Waals surface area contributed by atoms with Gasteiger partial charge in [0.05, 0.1) is 0 Å². The molecule has 0 bridgehead atoms. The van der Waals surface area contributed by atoms with E-state index in [1.165, 1.54) is 25.7 Å². The highest BCUT2D eigenvalue weighted by Gasteiger charge is 2.25. The van der Waals surface area contributed by atoms with Crippen molar-refractivity contribution in [1.82, 2.24) is 4.98 Å². The summed E-state index contributed by atoms with van der Waals surface area (Å²) in [7, 11) is 0. The molecule has 1 aromatic heterocycles. The van der Waals surface area contributed by atoms with Gasteiger partial charge in [0.25, 0.3) is 0 Å². The summed E-state index contributed by atoms with van der Waals surface area (Å²) in [6.45, 7) is 4.18. The summed E-state index contributed by atoms with van der Waals surface area (Å²) in [5, 5.41) is 0. The second-order valence-electron chi connectivity index (χ2n) is 4.95. The quantitative estimate of drug-likeness (QED) is 0.872. The van der Waals surface area contributed by atoms with Crippen LogP contribution in [0.4, 0.5) is 5.82 Å². The van der Waals surface area contributed by atoms with E-state index in [1.807, 2.05) is 19.1 Å². The molecule has 0 radical (unpaired) electrons. The monoisotopic (exact) mass is 234 g/mol. The Morgan fingerprint density at radius 3 is 2.82 bits per heavy atom. The van der Waals surface area contributed by atoms with E-state index in [0.717, 1.165) is 17.9 Å². The van der Waals surface area contributed by atoms with Crippen molar-refractivity contribution in [3.8, 4) is 5.75 Å².